The highest BCUT2D eigenvalue weighted by Gasteiger charge is 2.34. The summed E-state index contributed by atoms with van der Waals surface area (Å²) < 4.78 is 0. The molecule has 1 unspecified atom stereocenters. The Balaban J connectivity index is 2.70. The largest absolute Gasteiger partial charge is 0.314 e. The fourth-order valence-electron chi connectivity index (χ4n) is 2.83. The second kappa shape index (κ2) is 5.31. The van der Waals surface area contributed by atoms with E-state index in [1.165, 1.54) is 19.4 Å². The second-order valence-corrected chi connectivity index (χ2v) is 5.77. The van der Waals surface area contributed by atoms with E-state index in [2.05, 4.69) is 44.8 Å². The van der Waals surface area contributed by atoms with Crippen LogP contribution in [0.1, 0.15) is 47.5 Å². The molecular weight excluding hydrogens is 184 g/mol. The number of piperazine rings is 1. The Morgan fingerprint density at radius 1 is 1.40 bits per heavy atom. The summed E-state index contributed by atoms with van der Waals surface area (Å²) in [6.45, 7) is 15.3. The molecule has 90 valence electrons. The summed E-state index contributed by atoms with van der Waals surface area (Å²) in [5.74, 6) is 0.744. The van der Waals surface area contributed by atoms with Crippen LogP contribution in [0, 0.1) is 5.92 Å². The van der Waals surface area contributed by atoms with Crippen molar-refractivity contribution in [3.05, 3.63) is 0 Å². The van der Waals surface area contributed by atoms with Gasteiger partial charge in [-0.15, -0.1) is 0 Å². The molecule has 1 N–H and O–H groups in total. The first kappa shape index (κ1) is 13.0. The third-order valence-electron chi connectivity index (χ3n) is 3.69. The molecule has 0 spiro atoms. The van der Waals surface area contributed by atoms with Crippen LogP contribution in [0.5, 0.6) is 0 Å². The van der Waals surface area contributed by atoms with Crippen molar-refractivity contribution < 1.29 is 0 Å². The lowest BCUT2D eigenvalue weighted by Gasteiger charge is -2.48. The van der Waals surface area contributed by atoms with Gasteiger partial charge in [-0.2, -0.15) is 0 Å². The predicted molar refractivity (Wildman–Crippen MR) is 67.2 cm³/mol. The van der Waals surface area contributed by atoms with Gasteiger partial charge in [-0.3, -0.25) is 4.90 Å². The highest BCUT2D eigenvalue weighted by Crippen LogP contribution is 2.27. The standard InChI is InChI=1S/C13H28N2/c1-6-7-13(4,5)15-9-8-14-10-12(15)11(2)3/h11-12,14H,6-10H2,1-5H3. The third-order valence-corrected chi connectivity index (χ3v) is 3.69. The minimum absolute atomic E-state index is 0.367. The number of nitrogens with one attached hydrogen (secondary N) is 1. The van der Waals surface area contributed by atoms with Crippen molar-refractivity contribution in [3.8, 4) is 0 Å². The summed E-state index contributed by atoms with van der Waals surface area (Å²) in [5.41, 5.74) is 0.367. The number of hydrogen-bond donors (Lipinski definition) is 1. The van der Waals surface area contributed by atoms with E-state index in [0.29, 0.717) is 11.6 Å². The first-order chi connectivity index (χ1) is 6.99. The van der Waals surface area contributed by atoms with Gasteiger partial charge in [0.15, 0.2) is 0 Å². The van der Waals surface area contributed by atoms with Gasteiger partial charge in [0.25, 0.3) is 0 Å². The van der Waals surface area contributed by atoms with Crippen LogP contribution in [0.25, 0.3) is 0 Å². The fraction of sp³-hybridized carbons (Fsp3) is 1.00. The van der Waals surface area contributed by atoms with Crippen molar-refractivity contribution >= 4 is 0 Å². The molecule has 2 heteroatoms. The topological polar surface area (TPSA) is 15.3 Å². The first-order valence-corrected chi connectivity index (χ1v) is 6.46. The van der Waals surface area contributed by atoms with Crippen molar-refractivity contribution in [3.63, 3.8) is 0 Å². The Morgan fingerprint density at radius 2 is 2.07 bits per heavy atom. The van der Waals surface area contributed by atoms with Gasteiger partial charge in [-0.25, -0.2) is 0 Å². The molecule has 0 radical (unpaired) electrons. The predicted octanol–water partition coefficient (Wildman–Crippen LogP) is 2.49. The number of rotatable bonds is 4. The Morgan fingerprint density at radius 3 is 2.60 bits per heavy atom. The van der Waals surface area contributed by atoms with E-state index in [1.54, 1.807) is 0 Å². The van der Waals surface area contributed by atoms with Crippen LogP contribution in [0.4, 0.5) is 0 Å². The molecule has 1 aliphatic heterocycles. The maximum absolute atomic E-state index is 3.52. The van der Waals surface area contributed by atoms with Gasteiger partial charge in [-0.05, 0) is 26.2 Å². The van der Waals surface area contributed by atoms with Crippen molar-refractivity contribution in [1.29, 1.82) is 0 Å². The van der Waals surface area contributed by atoms with Crippen LogP contribution in [-0.4, -0.2) is 36.1 Å². The molecule has 0 aromatic carbocycles. The van der Waals surface area contributed by atoms with Gasteiger partial charge in [0.05, 0.1) is 0 Å². The van der Waals surface area contributed by atoms with Crippen LogP contribution in [0.15, 0.2) is 0 Å². The molecule has 0 bridgehead atoms. The summed E-state index contributed by atoms with van der Waals surface area (Å²) in [6, 6.07) is 0.709. The molecule has 0 amide bonds. The smallest absolute Gasteiger partial charge is 0.0249 e. The molecule has 1 rings (SSSR count). The maximum atomic E-state index is 3.52. The molecule has 1 aliphatic rings. The normalized spacial score (nSPS) is 24.8. The zero-order valence-electron chi connectivity index (χ0n) is 11.1. The average Bonchev–Trinajstić information content (AvgIpc) is 2.17. The van der Waals surface area contributed by atoms with Crippen molar-refractivity contribution in [1.82, 2.24) is 10.2 Å². The zero-order valence-corrected chi connectivity index (χ0v) is 11.1. The third kappa shape index (κ3) is 3.18. The highest BCUT2D eigenvalue weighted by atomic mass is 15.3. The Labute approximate surface area is 95.4 Å². The van der Waals surface area contributed by atoms with E-state index >= 15 is 0 Å². The second-order valence-electron chi connectivity index (χ2n) is 5.77. The Kier molecular flexibility index (Phi) is 4.60. The fourth-order valence-corrected chi connectivity index (χ4v) is 2.83. The van der Waals surface area contributed by atoms with Crippen LogP contribution in [-0.2, 0) is 0 Å². The molecule has 1 saturated heterocycles. The van der Waals surface area contributed by atoms with Crippen LogP contribution in [0.2, 0.25) is 0 Å². The van der Waals surface area contributed by atoms with E-state index < -0.39 is 0 Å². The quantitative estimate of drug-likeness (QED) is 0.770. The van der Waals surface area contributed by atoms with Crippen molar-refractivity contribution in [2.45, 2.75) is 59.0 Å². The highest BCUT2D eigenvalue weighted by molar-refractivity contribution is 4.91. The van der Waals surface area contributed by atoms with Crippen molar-refractivity contribution in [2.75, 3.05) is 19.6 Å². The summed E-state index contributed by atoms with van der Waals surface area (Å²) in [5, 5.41) is 3.52. The van der Waals surface area contributed by atoms with Crippen LogP contribution < -0.4 is 5.32 Å². The first-order valence-electron chi connectivity index (χ1n) is 6.46. The van der Waals surface area contributed by atoms with Gasteiger partial charge < -0.3 is 5.32 Å². The minimum atomic E-state index is 0.367. The maximum Gasteiger partial charge on any atom is 0.0249 e. The number of hydrogen-bond acceptors (Lipinski definition) is 2. The molecule has 0 aliphatic carbocycles. The summed E-state index contributed by atoms with van der Waals surface area (Å²) in [7, 11) is 0. The molecule has 1 fully saturated rings. The lowest BCUT2D eigenvalue weighted by Crippen LogP contribution is -2.60. The van der Waals surface area contributed by atoms with Gasteiger partial charge >= 0.3 is 0 Å². The lowest BCUT2D eigenvalue weighted by molar-refractivity contribution is 0.0215. The molecule has 0 aromatic rings. The van der Waals surface area contributed by atoms with Crippen LogP contribution in [0.3, 0.4) is 0 Å². The van der Waals surface area contributed by atoms with Gasteiger partial charge in [0, 0.05) is 31.2 Å². The van der Waals surface area contributed by atoms with E-state index in [4.69, 9.17) is 0 Å². The molecule has 0 saturated carbocycles. The lowest BCUT2D eigenvalue weighted by atomic mass is 9.89. The summed E-state index contributed by atoms with van der Waals surface area (Å²) in [4.78, 5) is 2.72. The molecule has 1 heterocycles. The van der Waals surface area contributed by atoms with Crippen LogP contribution >= 0.6 is 0 Å². The zero-order chi connectivity index (χ0) is 11.5. The van der Waals surface area contributed by atoms with Gasteiger partial charge in [-0.1, -0.05) is 27.2 Å². The molecule has 1 atom stereocenters. The Hall–Kier alpha value is -0.0800. The van der Waals surface area contributed by atoms with E-state index in [0.717, 1.165) is 19.0 Å². The monoisotopic (exact) mass is 212 g/mol. The summed E-state index contributed by atoms with van der Waals surface area (Å²) in [6.07, 6.45) is 2.58. The Bertz CT molecular complexity index is 187. The SMILES string of the molecule is CCCC(C)(C)N1CCNCC1C(C)C. The molecule has 15 heavy (non-hydrogen) atoms. The molecule has 0 aromatic heterocycles. The van der Waals surface area contributed by atoms with E-state index in [9.17, 15) is 0 Å². The van der Waals surface area contributed by atoms with Gasteiger partial charge in [0.1, 0.15) is 0 Å². The van der Waals surface area contributed by atoms with Gasteiger partial charge in [0.2, 0.25) is 0 Å². The summed E-state index contributed by atoms with van der Waals surface area (Å²) >= 11 is 0. The average molecular weight is 212 g/mol. The minimum Gasteiger partial charge on any atom is -0.314 e. The molecular formula is C13H28N2. The van der Waals surface area contributed by atoms with E-state index in [1.807, 2.05) is 0 Å². The molecule has 2 nitrogen and oxygen atoms in total. The number of nitrogens with zero attached hydrogens (tertiary/aromatic N) is 1. The van der Waals surface area contributed by atoms with E-state index in [-0.39, 0.29) is 0 Å². The van der Waals surface area contributed by atoms with Crippen molar-refractivity contribution in [2.24, 2.45) is 5.92 Å².